The zero-order chi connectivity index (χ0) is 53.4. The Bertz CT molecular complexity index is 3250. The largest absolute Gasteiger partial charge is 0.490 e. The number of carbonyl (C=O) groups is 3. The predicted octanol–water partition coefficient (Wildman–Crippen LogP) is 7.69. The number of aromatic nitrogens is 4. The van der Waals surface area contributed by atoms with Crippen molar-refractivity contribution in [3.63, 3.8) is 0 Å². The Labute approximate surface area is 461 Å². The molecule has 6 aromatic rings. The highest BCUT2D eigenvalue weighted by Crippen LogP contribution is 2.36. The number of amides is 3. The van der Waals surface area contributed by atoms with Gasteiger partial charge in [0.05, 0.1) is 72.8 Å². The Morgan fingerprint density at radius 2 is 1.10 bits per heavy atom. The van der Waals surface area contributed by atoms with Crippen LogP contribution in [0.2, 0.25) is 0 Å². The van der Waals surface area contributed by atoms with Crippen LogP contribution in [-0.4, -0.2) is 125 Å². The zero-order valence-electron chi connectivity index (χ0n) is 45.0. The zero-order valence-corrected chi connectivity index (χ0v) is 45.0. The quantitative estimate of drug-likeness (QED) is 0.100. The Balaban J connectivity index is 0.700. The lowest BCUT2D eigenvalue weighted by Gasteiger charge is -2.34. The molecule has 0 unspecified atom stereocenters. The summed E-state index contributed by atoms with van der Waals surface area (Å²) in [5.41, 5.74) is 9.73. The van der Waals surface area contributed by atoms with Crippen LogP contribution in [0.25, 0.3) is 0 Å². The van der Waals surface area contributed by atoms with E-state index in [1.165, 1.54) is 11.1 Å². The fourth-order valence-corrected chi connectivity index (χ4v) is 12.6. The summed E-state index contributed by atoms with van der Waals surface area (Å²) in [5, 5.41) is 2.95. The molecule has 11 heterocycles. The summed E-state index contributed by atoms with van der Waals surface area (Å²) in [6, 6.07) is 26.3. The molecule has 0 spiro atoms. The number of para-hydroxylation sites is 1. The fraction of sp³-hybridized carbons (Fsp3) is 0.435. The van der Waals surface area contributed by atoms with Crippen molar-refractivity contribution in [1.82, 2.24) is 35.1 Å². The molecule has 17 nitrogen and oxygen atoms in total. The molecule has 1 N–H and O–H groups in total. The summed E-state index contributed by atoms with van der Waals surface area (Å²) < 4.78 is 24.9. The van der Waals surface area contributed by atoms with E-state index in [-0.39, 0.29) is 36.0 Å². The van der Waals surface area contributed by atoms with Crippen molar-refractivity contribution in [1.29, 1.82) is 0 Å². The van der Waals surface area contributed by atoms with E-state index in [0.29, 0.717) is 68.9 Å². The Morgan fingerprint density at radius 3 is 1.68 bits per heavy atom. The van der Waals surface area contributed by atoms with E-state index in [2.05, 4.69) is 56.2 Å². The average Bonchev–Trinajstić information content (AvgIpc) is 4.26. The molecule has 4 aromatic heterocycles. The van der Waals surface area contributed by atoms with Gasteiger partial charge in [-0.25, -0.2) is 15.0 Å². The molecule has 3 fully saturated rings. The monoisotopic (exact) mass is 1060 g/mol. The number of piperidine rings is 3. The first-order chi connectivity index (χ1) is 38.8. The van der Waals surface area contributed by atoms with Gasteiger partial charge in [-0.15, -0.1) is 0 Å². The second kappa shape index (κ2) is 22.2. The Kier molecular flexibility index (Phi) is 14.2. The second-order valence-corrected chi connectivity index (χ2v) is 22.0. The van der Waals surface area contributed by atoms with Gasteiger partial charge in [0, 0.05) is 97.1 Å². The van der Waals surface area contributed by atoms with Gasteiger partial charge in [-0.1, -0.05) is 31.2 Å². The Morgan fingerprint density at radius 1 is 0.570 bits per heavy atom. The summed E-state index contributed by atoms with van der Waals surface area (Å²) in [5.74, 6) is 5.04. The highest BCUT2D eigenvalue weighted by molar-refractivity contribution is 6.00. The van der Waals surface area contributed by atoms with Crippen LogP contribution in [0.5, 0.6) is 17.2 Å². The van der Waals surface area contributed by atoms with E-state index in [0.717, 1.165) is 166 Å². The molecular weight excluding hydrogens is 997 g/mol. The molecule has 17 heteroatoms. The number of pyridine rings is 4. The summed E-state index contributed by atoms with van der Waals surface area (Å²) in [6.07, 6.45) is 11.6. The highest BCUT2D eigenvalue weighted by atomic mass is 16.5. The van der Waals surface area contributed by atoms with Crippen LogP contribution in [0.3, 0.4) is 0 Å². The molecule has 0 saturated carbocycles. The molecule has 3 amide bonds. The predicted molar refractivity (Wildman–Crippen MR) is 298 cm³/mol. The SMILES string of the molecule is CCc1cc2c(nc1N1CCC(Oc3ccc4c(c3)COCC4)CC1)CN(CCc1cc3c(nc1N1CCC(Oc4cccnc4)CC1)CN(CCc1cc4c(nc1N1CCC(Oc5ccccc5)CC1)CNC4=O)C3=O)C2=O. The lowest BCUT2D eigenvalue weighted by molar-refractivity contribution is 0.0771. The van der Waals surface area contributed by atoms with Crippen molar-refractivity contribution in [3.05, 3.63) is 153 Å². The molecule has 0 bridgehead atoms. The molecule has 7 aliphatic heterocycles. The van der Waals surface area contributed by atoms with Crippen LogP contribution in [0.1, 0.15) is 121 Å². The molecule has 408 valence electrons. The normalized spacial score (nSPS) is 18.6. The first-order valence-corrected chi connectivity index (χ1v) is 28.6. The van der Waals surface area contributed by atoms with Crippen molar-refractivity contribution >= 4 is 35.2 Å². The molecule has 79 heavy (non-hydrogen) atoms. The second-order valence-electron chi connectivity index (χ2n) is 22.0. The average molecular weight is 1070 g/mol. The van der Waals surface area contributed by atoms with Crippen molar-refractivity contribution in [3.8, 4) is 17.2 Å². The van der Waals surface area contributed by atoms with Gasteiger partial charge in [0.2, 0.25) is 0 Å². The van der Waals surface area contributed by atoms with E-state index in [1.807, 2.05) is 64.4 Å². The molecular formula is C62H68N10O7. The van der Waals surface area contributed by atoms with Crippen LogP contribution < -0.4 is 34.2 Å². The van der Waals surface area contributed by atoms with Gasteiger partial charge in [0.1, 0.15) is 53.0 Å². The lowest BCUT2D eigenvalue weighted by Crippen LogP contribution is -2.39. The van der Waals surface area contributed by atoms with E-state index >= 15 is 0 Å². The number of benzene rings is 2. The first-order valence-electron chi connectivity index (χ1n) is 28.6. The molecule has 7 aliphatic rings. The summed E-state index contributed by atoms with van der Waals surface area (Å²) >= 11 is 0. The fourth-order valence-electron chi connectivity index (χ4n) is 12.6. The van der Waals surface area contributed by atoms with Gasteiger partial charge in [-0.05, 0) is 108 Å². The van der Waals surface area contributed by atoms with Crippen molar-refractivity contribution in [2.75, 3.05) is 73.7 Å². The number of rotatable bonds is 16. The minimum absolute atomic E-state index is 0.0135. The summed E-state index contributed by atoms with van der Waals surface area (Å²) in [4.78, 5) is 72.6. The maximum atomic E-state index is 14.6. The number of anilines is 3. The Hall–Kier alpha value is -7.79. The van der Waals surface area contributed by atoms with Crippen molar-refractivity contribution in [2.24, 2.45) is 0 Å². The smallest absolute Gasteiger partial charge is 0.256 e. The van der Waals surface area contributed by atoms with Crippen LogP contribution in [0.4, 0.5) is 17.5 Å². The standard InChI is InChI=1S/C62H68N10O7/c1-2-40-32-52-55(66-57(40)68-24-16-47(17-25-68)78-49-11-10-41-20-30-76-39-44(41)31-49)37-71(61(52)74)23-13-43-34-53-56(67-59(43)70-28-18-48(19-29-70)79-50-9-6-21-63-35-50)38-72(62(53)75)22-12-42-33-51-54(36-64-60(51)73)65-58(42)69-26-14-46(15-27-69)77-45-7-4-3-5-8-45/h3-11,21,31-35,46-48H,2,12-20,22-30,36-39H2,1H3,(H,64,73). The summed E-state index contributed by atoms with van der Waals surface area (Å²) in [7, 11) is 0. The highest BCUT2D eigenvalue weighted by Gasteiger charge is 2.36. The number of nitrogens with zero attached hydrogens (tertiary/aromatic N) is 9. The number of hydrogen-bond donors (Lipinski definition) is 1. The topological polar surface area (TPSA) is 168 Å². The maximum Gasteiger partial charge on any atom is 0.256 e. The third-order valence-corrected chi connectivity index (χ3v) is 17.0. The third kappa shape index (κ3) is 10.6. The van der Waals surface area contributed by atoms with Crippen molar-refractivity contribution < 1.29 is 33.3 Å². The van der Waals surface area contributed by atoms with Crippen LogP contribution >= 0.6 is 0 Å². The number of nitrogens with one attached hydrogen (secondary N) is 1. The first kappa shape index (κ1) is 50.7. The molecule has 0 radical (unpaired) electrons. The van der Waals surface area contributed by atoms with Crippen molar-refractivity contribution in [2.45, 2.75) is 116 Å². The molecule has 13 rings (SSSR count). The number of aryl methyl sites for hydroxylation is 1. The minimum atomic E-state index is -0.117. The van der Waals surface area contributed by atoms with Gasteiger partial charge < -0.3 is 48.8 Å². The molecule has 3 saturated heterocycles. The number of carbonyl (C=O) groups excluding carboxylic acids is 3. The third-order valence-electron chi connectivity index (χ3n) is 17.0. The number of hydrogen-bond acceptors (Lipinski definition) is 14. The van der Waals surface area contributed by atoms with Gasteiger partial charge in [0.15, 0.2) is 0 Å². The molecule has 2 aromatic carbocycles. The van der Waals surface area contributed by atoms with Gasteiger partial charge >= 0.3 is 0 Å². The van der Waals surface area contributed by atoms with Crippen LogP contribution in [0.15, 0.2) is 91.3 Å². The van der Waals surface area contributed by atoms with E-state index in [4.69, 9.17) is 33.9 Å². The molecule has 0 aliphatic carbocycles. The van der Waals surface area contributed by atoms with Crippen LogP contribution in [0, 0.1) is 0 Å². The van der Waals surface area contributed by atoms with Crippen LogP contribution in [-0.2, 0) is 56.7 Å². The number of ether oxygens (including phenoxy) is 4. The van der Waals surface area contributed by atoms with Gasteiger partial charge in [-0.3, -0.25) is 19.4 Å². The maximum absolute atomic E-state index is 14.6. The molecule has 0 atom stereocenters. The lowest BCUT2D eigenvalue weighted by atomic mass is 10.0. The number of fused-ring (bicyclic) bond motifs is 4. The van der Waals surface area contributed by atoms with Gasteiger partial charge in [-0.2, -0.15) is 0 Å². The summed E-state index contributed by atoms with van der Waals surface area (Å²) in [6.45, 7) is 10.3. The van der Waals surface area contributed by atoms with E-state index in [9.17, 15) is 14.4 Å². The van der Waals surface area contributed by atoms with Gasteiger partial charge in [0.25, 0.3) is 17.7 Å². The minimum Gasteiger partial charge on any atom is -0.490 e. The van der Waals surface area contributed by atoms with E-state index < -0.39 is 0 Å². The van der Waals surface area contributed by atoms with E-state index in [1.54, 1.807) is 12.4 Å².